The number of carboxylic acids is 1. The summed E-state index contributed by atoms with van der Waals surface area (Å²) in [6, 6.07) is 0. The molecule has 4 nitrogen and oxygen atoms in total. The Hall–Kier alpha value is -1.06. The number of methoxy groups -OCH3 is 1. The third-order valence-electron chi connectivity index (χ3n) is 3.09. The van der Waals surface area contributed by atoms with Crippen LogP contribution in [0.4, 0.5) is 0 Å². The van der Waals surface area contributed by atoms with E-state index < -0.39 is 29.2 Å². The molecule has 0 bridgehead atoms. The van der Waals surface area contributed by atoms with Crippen molar-refractivity contribution in [3.63, 3.8) is 0 Å². The molecule has 15 heavy (non-hydrogen) atoms. The van der Waals surface area contributed by atoms with Crippen molar-refractivity contribution in [3.8, 4) is 0 Å². The Morgan fingerprint density at radius 2 is 1.87 bits per heavy atom. The maximum atomic E-state index is 11.3. The van der Waals surface area contributed by atoms with Gasteiger partial charge in [-0.1, -0.05) is 34.1 Å². The van der Waals surface area contributed by atoms with Gasteiger partial charge in [0.15, 0.2) is 0 Å². The van der Waals surface area contributed by atoms with Crippen molar-refractivity contribution in [2.24, 2.45) is 17.3 Å². The molecule has 0 rings (SSSR count). The lowest BCUT2D eigenvalue weighted by atomic mass is 9.71. The van der Waals surface area contributed by atoms with Gasteiger partial charge in [0, 0.05) is 0 Å². The van der Waals surface area contributed by atoms with Crippen molar-refractivity contribution in [3.05, 3.63) is 0 Å². The van der Waals surface area contributed by atoms with Crippen LogP contribution in [-0.4, -0.2) is 24.2 Å². The van der Waals surface area contributed by atoms with E-state index in [1.807, 2.05) is 20.8 Å². The van der Waals surface area contributed by atoms with E-state index in [1.54, 1.807) is 6.92 Å². The van der Waals surface area contributed by atoms with E-state index in [1.165, 1.54) is 7.11 Å². The van der Waals surface area contributed by atoms with Crippen LogP contribution in [0, 0.1) is 17.3 Å². The molecule has 0 aliphatic carbocycles. The molecule has 0 fully saturated rings. The van der Waals surface area contributed by atoms with Crippen LogP contribution in [-0.2, 0) is 14.3 Å². The second-order valence-corrected chi connectivity index (χ2v) is 4.47. The van der Waals surface area contributed by atoms with Gasteiger partial charge in [-0.15, -0.1) is 0 Å². The molecular weight excluding hydrogens is 196 g/mol. The lowest BCUT2D eigenvalue weighted by Gasteiger charge is -2.33. The molecule has 0 amide bonds. The van der Waals surface area contributed by atoms with Gasteiger partial charge in [-0.25, -0.2) is 0 Å². The first kappa shape index (κ1) is 13.9. The van der Waals surface area contributed by atoms with Crippen molar-refractivity contribution >= 4 is 11.9 Å². The molecule has 0 saturated carbocycles. The zero-order valence-corrected chi connectivity index (χ0v) is 10.0. The first-order valence-electron chi connectivity index (χ1n) is 5.08. The van der Waals surface area contributed by atoms with E-state index in [-0.39, 0.29) is 0 Å². The fraction of sp³-hybridized carbons (Fsp3) is 0.818. The normalized spacial score (nSPS) is 15.5. The van der Waals surface area contributed by atoms with Crippen LogP contribution < -0.4 is 0 Å². The van der Waals surface area contributed by atoms with E-state index in [0.29, 0.717) is 6.42 Å². The van der Waals surface area contributed by atoms with E-state index >= 15 is 0 Å². The summed E-state index contributed by atoms with van der Waals surface area (Å²) < 4.78 is 4.58. The topological polar surface area (TPSA) is 63.6 Å². The number of hydrogen-bond acceptors (Lipinski definition) is 3. The van der Waals surface area contributed by atoms with Crippen molar-refractivity contribution in [1.82, 2.24) is 0 Å². The average Bonchev–Trinajstić information content (AvgIpc) is 2.15. The minimum Gasteiger partial charge on any atom is -0.481 e. The summed E-state index contributed by atoms with van der Waals surface area (Å²) in [7, 11) is 1.27. The molecule has 0 radical (unpaired) electrons. The van der Waals surface area contributed by atoms with Crippen molar-refractivity contribution < 1.29 is 19.4 Å². The Labute approximate surface area is 90.6 Å². The Bertz CT molecular complexity index is 245. The molecule has 0 aromatic carbocycles. The quantitative estimate of drug-likeness (QED) is 0.713. The number of carbonyl (C=O) groups is 2. The second-order valence-electron chi connectivity index (χ2n) is 4.47. The SMILES string of the molecule is CCC(C)(C)C(C(=O)O)C(C)C(=O)OC. The van der Waals surface area contributed by atoms with Crippen LogP contribution in [0.1, 0.15) is 34.1 Å². The molecule has 0 saturated heterocycles. The van der Waals surface area contributed by atoms with Gasteiger partial charge in [-0.3, -0.25) is 9.59 Å². The van der Waals surface area contributed by atoms with E-state index in [4.69, 9.17) is 5.11 Å². The fourth-order valence-corrected chi connectivity index (χ4v) is 1.77. The Morgan fingerprint density at radius 1 is 1.40 bits per heavy atom. The molecule has 1 N–H and O–H groups in total. The Morgan fingerprint density at radius 3 is 2.13 bits per heavy atom. The van der Waals surface area contributed by atoms with Crippen molar-refractivity contribution in [2.75, 3.05) is 7.11 Å². The number of ether oxygens (including phenoxy) is 1. The highest BCUT2D eigenvalue weighted by molar-refractivity contribution is 5.81. The van der Waals surface area contributed by atoms with Gasteiger partial charge in [0.2, 0.25) is 0 Å². The van der Waals surface area contributed by atoms with Crippen molar-refractivity contribution in [2.45, 2.75) is 34.1 Å². The van der Waals surface area contributed by atoms with Crippen LogP contribution in [0.15, 0.2) is 0 Å². The first-order chi connectivity index (χ1) is 6.77. The molecule has 0 aromatic heterocycles. The van der Waals surface area contributed by atoms with Crippen LogP contribution >= 0.6 is 0 Å². The van der Waals surface area contributed by atoms with Gasteiger partial charge in [-0.2, -0.15) is 0 Å². The Kier molecular flexibility index (Phi) is 4.78. The summed E-state index contributed by atoms with van der Waals surface area (Å²) in [4.78, 5) is 22.5. The predicted molar refractivity (Wildman–Crippen MR) is 56.4 cm³/mol. The predicted octanol–water partition coefficient (Wildman–Crippen LogP) is 1.93. The zero-order chi connectivity index (χ0) is 12.2. The molecule has 2 unspecified atom stereocenters. The first-order valence-corrected chi connectivity index (χ1v) is 5.08. The Balaban J connectivity index is 4.98. The number of esters is 1. The molecule has 2 atom stereocenters. The zero-order valence-electron chi connectivity index (χ0n) is 10.0. The van der Waals surface area contributed by atoms with Gasteiger partial charge >= 0.3 is 11.9 Å². The monoisotopic (exact) mass is 216 g/mol. The van der Waals surface area contributed by atoms with Crippen molar-refractivity contribution in [1.29, 1.82) is 0 Å². The maximum Gasteiger partial charge on any atom is 0.309 e. The second kappa shape index (κ2) is 5.14. The molecule has 0 aliphatic heterocycles. The standard InChI is InChI=1S/C11H20O4/c1-6-11(3,4)8(9(12)13)7(2)10(14)15-5/h7-8H,6H2,1-5H3,(H,12,13). The molecule has 0 heterocycles. The van der Waals surface area contributed by atoms with E-state index in [0.717, 1.165) is 0 Å². The number of hydrogen-bond donors (Lipinski definition) is 1. The van der Waals surface area contributed by atoms with Crippen LogP contribution in [0.25, 0.3) is 0 Å². The fourth-order valence-electron chi connectivity index (χ4n) is 1.77. The highest BCUT2D eigenvalue weighted by atomic mass is 16.5. The summed E-state index contributed by atoms with van der Waals surface area (Å²) >= 11 is 0. The highest BCUT2D eigenvalue weighted by Crippen LogP contribution is 2.36. The summed E-state index contributed by atoms with van der Waals surface area (Å²) in [6.45, 7) is 7.22. The van der Waals surface area contributed by atoms with E-state index in [9.17, 15) is 9.59 Å². The average molecular weight is 216 g/mol. The minimum atomic E-state index is -0.945. The molecule has 88 valence electrons. The van der Waals surface area contributed by atoms with Gasteiger partial charge in [0.1, 0.15) is 0 Å². The summed E-state index contributed by atoms with van der Waals surface area (Å²) in [5.41, 5.74) is -0.417. The number of carbonyl (C=O) groups excluding carboxylic acids is 1. The smallest absolute Gasteiger partial charge is 0.309 e. The lowest BCUT2D eigenvalue weighted by molar-refractivity contribution is -0.160. The summed E-state index contributed by atoms with van der Waals surface area (Å²) in [6.07, 6.45) is 0.700. The summed E-state index contributed by atoms with van der Waals surface area (Å²) in [5, 5.41) is 9.15. The van der Waals surface area contributed by atoms with Gasteiger partial charge < -0.3 is 9.84 Å². The lowest BCUT2D eigenvalue weighted by Crippen LogP contribution is -2.39. The molecule has 0 aliphatic rings. The number of aliphatic carboxylic acids is 1. The van der Waals surface area contributed by atoms with Gasteiger partial charge in [-0.05, 0) is 5.41 Å². The largest absolute Gasteiger partial charge is 0.481 e. The third-order valence-corrected chi connectivity index (χ3v) is 3.09. The number of rotatable bonds is 5. The molecule has 0 aromatic rings. The van der Waals surface area contributed by atoms with Gasteiger partial charge in [0.25, 0.3) is 0 Å². The molecule has 4 heteroatoms. The van der Waals surface area contributed by atoms with Crippen LogP contribution in [0.5, 0.6) is 0 Å². The van der Waals surface area contributed by atoms with Crippen LogP contribution in [0.2, 0.25) is 0 Å². The van der Waals surface area contributed by atoms with Crippen LogP contribution in [0.3, 0.4) is 0 Å². The highest BCUT2D eigenvalue weighted by Gasteiger charge is 2.41. The molecular formula is C11H20O4. The number of carboxylic acid groups (broad SMARTS) is 1. The summed E-state index contributed by atoms with van der Waals surface area (Å²) in [5.74, 6) is -2.75. The molecule has 0 spiro atoms. The van der Waals surface area contributed by atoms with E-state index in [2.05, 4.69) is 4.74 Å². The minimum absolute atomic E-state index is 0.417. The third kappa shape index (κ3) is 3.22. The maximum absolute atomic E-state index is 11.3. The van der Waals surface area contributed by atoms with Gasteiger partial charge in [0.05, 0.1) is 18.9 Å².